The van der Waals surface area contributed by atoms with E-state index in [-0.39, 0.29) is 5.82 Å². The van der Waals surface area contributed by atoms with Crippen molar-refractivity contribution < 1.29 is 14.7 Å². The van der Waals surface area contributed by atoms with Crippen LogP contribution in [0.15, 0.2) is 0 Å². The van der Waals surface area contributed by atoms with Crippen molar-refractivity contribution >= 4 is 11.9 Å². The molecule has 1 aromatic heterocycles. The van der Waals surface area contributed by atoms with Crippen molar-refractivity contribution in [3.63, 3.8) is 0 Å². The monoisotopic (exact) mass is 266 g/mol. The van der Waals surface area contributed by atoms with Crippen molar-refractivity contribution in [1.82, 2.24) is 20.5 Å². The molecule has 0 radical (unpaired) electrons. The van der Waals surface area contributed by atoms with Crippen LogP contribution in [0.1, 0.15) is 56.0 Å². The number of aromatic nitrogens is 3. The molecular formula is C12H18N4O3. The van der Waals surface area contributed by atoms with Gasteiger partial charge in [0, 0.05) is 5.92 Å². The molecule has 1 atom stereocenters. The number of carboxylic acids is 1. The number of hydrogen-bond donors (Lipinski definition) is 3. The number of carbonyl (C=O) groups excluding carboxylic acids is 1. The fraction of sp³-hybridized carbons (Fsp3) is 0.667. The number of carbonyl (C=O) groups is 2. The SMILES string of the molecule is CC(C)(C)[C@@H](NC(=O)c1n[nH]c(C2CC2)n1)C(=O)O. The van der Waals surface area contributed by atoms with Crippen molar-refractivity contribution in [2.45, 2.75) is 45.6 Å². The highest BCUT2D eigenvalue weighted by molar-refractivity contribution is 5.93. The number of aliphatic carboxylic acids is 1. The van der Waals surface area contributed by atoms with Gasteiger partial charge >= 0.3 is 5.97 Å². The molecule has 1 fully saturated rings. The van der Waals surface area contributed by atoms with E-state index in [1.165, 1.54) is 0 Å². The molecule has 7 heteroatoms. The standard InChI is InChI=1S/C12H18N4O3/c1-12(2,3)7(11(18)19)13-10(17)9-14-8(15-16-9)6-4-5-6/h6-7H,4-5H2,1-3H3,(H,13,17)(H,18,19)(H,14,15,16)/t7-/m0/s1. The molecule has 0 aromatic carbocycles. The summed E-state index contributed by atoms with van der Waals surface area (Å²) < 4.78 is 0. The molecule has 0 aliphatic heterocycles. The first-order valence-electron chi connectivity index (χ1n) is 6.25. The zero-order valence-corrected chi connectivity index (χ0v) is 11.2. The minimum atomic E-state index is -1.07. The Balaban J connectivity index is 2.07. The van der Waals surface area contributed by atoms with Crippen molar-refractivity contribution in [3.8, 4) is 0 Å². The summed E-state index contributed by atoms with van der Waals surface area (Å²) in [4.78, 5) is 27.2. The summed E-state index contributed by atoms with van der Waals surface area (Å²) in [6.07, 6.45) is 2.10. The minimum absolute atomic E-state index is 0.00241. The van der Waals surface area contributed by atoms with Crippen LogP contribution in [0.2, 0.25) is 0 Å². The zero-order chi connectivity index (χ0) is 14.2. The lowest BCUT2D eigenvalue weighted by atomic mass is 9.87. The summed E-state index contributed by atoms with van der Waals surface area (Å²) >= 11 is 0. The Labute approximate surface area is 110 Å². The number of nitrogens with one attached hydrogen (secondary N) is 2. The van der Waals surface area contributed by atoms with Gasteiger partial charge in [-0.25, -0.2) is 9.78 Å². The maximum absolute atomic E-state index is 11.9. The number of aromatic amines is 1. The number of carboxylic acid groups (broad SMARTS) is 1. The third-order valence-electron chi connectivity index (χ3n) is 3.06. The van der Waals surface area contributed by atoms with E-state index in [0.717, 1.165) is 12.8 Å². The Morgan fingerprint density at radius 2 is 2.05 bits per heavy atom. The van der Waals surface area contributed by atoms with Crippen LogP contribution in [-0.4, -0.2) is 38.2 Å². The Bertz CT molecular complexity index is 499. The molecule has 2 rings (SSSR count). The second-order valence-electron chi connectivity index (χ2n) is 5.93. The van der Waals surface area contributed by atoms with E-state index < -0.39 is 23.3 Å². The molecule has 0 spiro atoms. The molecule has 0 saturated heterocycles. The fourth-order valence-corrected chi connectivity index (χ4v) is 1.76. The van der Waals surface area contributed by atoms with Crippen LogP contribution in [-0.2, 0) is 4.79 Å². The van der Waals surface area contributed by atoms with Gasteiger partial charge in [0.05, 0.1) is 0 Å². The number of amides is 1. The highest BCUT2D eigenvalue weighted by atomic mass is 16.4. The van der Waals surface area contributed by atoms with Gasteiger partial charge in [0.2, 0.25) is 5.82 Å². The quantitative estimate of drug-likeness (QED) is 0.750. The van der Waals surface area contributed by atoms with E-state index in [2.05, 4.69) is 20.5 Å². The molecule has 0 unspecified atom stereocenters. The van der Waals surface area contributed by atoms with Gasteiger partial charge in [-0.05, 0) is 18.3 Å². The first-order valence-corrected chi connectivity index (χ1v) is 6.25. The van der Waals surface area contributed by atoms with Crippen molar-refractivity contribution in [2.24, 2.45) is 5.41 Å². The van der Waals surface area contributed by atoms with E-state index in [1.54, 1.807) is 20.8 Å². The molecule has 1 aromatic rings. The minimum Gasteiger partial charge on any atom is -0.480 e. The van der Waals surface area contributed by atoms with Gasteiger partial charge in [0.25, 0.3) is 5.91 Å². The van der Waals surface area contributed by atoms with Gasteiger partial charge in [0.1, 0.15) is 11.9 Å². The summed E-state index contributed by atoms with van der Waals surface area (Å²) in [6.45, 7) is 5.25. The van der Waals surface area contributed by atoms with Crippen LogP contribution in [0.3, 0.4) is 0 Å². The van der Waals surface area contributed by atoms with Gasteiger partial charge in [-0.2, -0.15) is 0 Å². The first-order chi connectivity index (χ1) is 8.79. The van der Waals surface area contributed by atoms with E-state index in [4.69, 9.17) is 5.11 Å². The molecule has 1 heterocycles. The molecule has 7 nitrogen and oxygen atoms in total. The van der Waals surface area contributed by atoms with Crippen molar-refractivity contribution in [2.75, 3.05) is 0 Å². The average molecular weight is 266 g/mol. The molecular weight excluding hydrogens is 248 g/mol. The van der Waals surface area contributed by atoms with E-state index in [0.29, 0.717) is 11.7 Å². The molecule has 1 aliphatic rings. The summed E-state index contributed by atoms with van der Waals surface area (Å²) in [5.74, 6) is -0.568. The van der Waals surface area contributed by atoms with E-state index in [9.17, 15) is 9.59 Å². The Morgan fingerprint density at radius 1 is 1.42 bits per heavy atom. The molecule has 3 N–H and O–H groups in total. The second-order valence-corrected chi connectivity index (χ2v) is 5.93. The van der Waals surface area contributed by atoms with E-state index >= 15 is 0 Å². The van der Waals surface area contributed by atoms with Crippen LogP contribution < -0.4 is 5.32 Å². The number of nitrogens with zero attached hydrogens (tertiary/aromatic N) is 2. The average Bonchev–Trinajstić information content (AvgIpc) is 3.02. The number of H-pyrrole nitrogens is 1. The van der Waals surface area contributed by atoms with Crippen LogP contribution in [0.4, 0.5) is 0 Å². The lowest BCUT2D eigenvalue weighted by Crippen LogP contribution is -2.49. The second kappa shape index (κ2) is 4.64. The predicted molar refractivity (Wildman–Crippen MR) is 66.7 cm³/mol. The Morgan fingerprint density at radius 3 is 2.53 bits per heavy atom. The molecule has 1 aliphatic carbocycles. The normalized spacial score (nSPS) is 17.0. The maximum Gasteiger partial charge on any atom is 0.326 e. The lowest BCUT2D eigenvalue weighted by Gasteiger charge is -2.27. The first kappa shape index (κ1) is 13.5. The van der Waals surface area contributed by atoms with Gasteiger partial charge in [-0.15, -0.1) is 5.10 Å². The van der Waals surface area contributed by atoms with Crippen LogP contribution in [0.5, 0.6) is 0 Å². The maximum atomic E-state index is 11.9. The number of rotatable bonds is 4. The van der Waals surface area contributed by atoms with Gasteiger partial charge in [-0.3, -0.25) is 9.89 Å². The zero-order valence-electron chi connectivity index (χ0n) is 11.2. The van der Waals surface area contributed by atoms with Crippen molar-refractivity contribution in [3.05, 3.63) is 11.6 Å². The third-order valence-corrected chi connectivity index (χ3v) is 3.06. The van der Waals surface area contributed by atoms with Crippen LogP contribution in [0.25, 0.3) is 0 Å². The fourth-order valence-electron chi connectivity index (χ4n) is 1.76. The van der Waals surface area contributed by atoms with Crippen LogP contribution in [0, 0.1) is 5.41 Å². The molecule has 104 valence electrons. The number of hydrogen-bond acceptors (Lipinski definition) is 4. The van der Waals surface area contributed by atoms with Gasteiger partial charge in [-0.1, -0.05) is 20.8 Å². The molecule has 19 heavy (non-hydrogen) atoms. The Kier molecular flexibility index (Phi) is 3.30. The lowest BCUT2D eigenvalue weighted by molar-refractivity contribution is -0.142. The highest BCUT2D eigenvalue weighted by Gasteiger charge is 2.34. The largest absolute Gasteiger partial charge is 0.480 e. The smallest absolute Gasteiger partial charge is 0.326 e. The summed E-state index contributed by atoms with van der Waals surface area (Å²) in [6, 6.07) is -0.983. The van der Waals surface area contributed by atoms with Gasteiger partial charge < -0.3 is 10.4 Å². The van der Waals surface area contributed by atoms with E-state index in [1.807, 2.05) is 0 Å². The highest BCUT2D eigenvalue weighted by Crippen LogP contribution is 2.37. The predicted octanol–water partition coefficient (Wildman–Crippen LogP) is 0.911. The van der Waals surface area contributed by atoms with Gasteiger partial charge in [0.15, 0.2) is 0 Å². The summed E-state index contributed by atoms with van der Waals surface area (Å²) in [5, 5.41) is 18.2. The third kappa shape index (κ3) is 3.10. The van der Waals surface area contributed by atoms with Crippen LogP contribution >= 0.6 is 0 Å². The summed E-state index contributed by atoms with van der Waals surface area (Å²) in [7, 11) is 0. The molecule has 1 amide bonds. The topological polar surface area (TPSA) is 108 Å². The molecule has 1 saturated carbocycles. The Hall–Kier alpha value is -1.92. The molecule has 0 bridgehead atoms. The van der Waals surface area contributed by atoms with Crippen molar-refractivity contribution in [1.29, 1.82) is 0 Å². The summed E-state index contributed by atoms with van der Waals surface area (Å²) in [5.41, 5.74) is -0.586.